The Kier molecular flexibility index (Phi) is 7.48. The van der Waals surface area contributed by atoms with Crippen LogP contribution in [-0.2, 0) is 21.4 Å². The van der Waals surface area contributed by atoms with Crippen molar-refractivity contribution in [1.29, 1.82) is 0 Å². The lowest BCUT2D eigenvalue weighted by Gasteiger charge is -2.09. The number of amides is 1. The molecular weight excluding hydrogens is 402 g/mol. The molecule has 0 spiro atoms. The number of aryl methyl sites for hydroxylation is 1. The molecule has 1 amide bonds. The molecule has 30 heavy (non-hydrogen) atoms. The van der Waals surface area contributed by atoms with Crippen LogP contribution >= 0.6 is 0 Å². The van der Waals surface area contributed by atoms with E-state index in [-0.39, 0.29) is 23.8 Å². The van der Waals surface area contributed by atoms with E-state index >= 15 is 0 Å². The van der Waals surface area contributed by atoms with Crippen LogP contribution in [0.5, 0.6) is 5.75 Å². The summed E-state index contributed by atoms with van der Waals surface area (Å²) >= 11 is 0. The number of nitrogens with one attached hydrogen (secondary N) is 2. The monoisotopic (exact) mass is 429 g/mol. The number of ether oxygens (including phenoxy) is 1. The number of hydrogen-bond acceptors (Lipinski definition) is 4. The van der Waals surface area contributed by atoms with Gasteiger partial charge in [-0.3, -0.25) is 4.79 Å². The second-order valence-corrected chi connectivity index (χ2v) is 8.59. The van der Waals surface area contributed by atoms with Gasteiger partial charge in [0.05, 0.1) is 11.5 Å². The Morgan fingerprint density at radius 2 is 1.80 bits per heavy atom. The van der Waals surface area contributed by atoms with Crippen LogP contribution < -0.4 is 14.8 Å². The minimum atomic E-state index is -3.65. The van der Waals surface area contributed by atoms with Crippen LogP contribution in [0.4, 0.5) is 0 Å². The van der Waals surface area contributed by atoms with E-state index in [2.05, 4.69) is 32.8 Å². The van der Waals surface area contributed by atoms with Crippen LogP contribution in [0, 0.1) is 0 Å². The number of sulfonamides is 1. The molecule has 0 atom stereocenters. The maximum Gasteiger partial charge on any atom is 0.240 e. The number of para-hydroxylation sites is 1. The first-order valence-corrected chi connectivity index (χ1v) is 11.5. The number of nitrogens with zero attached hydrogens (tertiary/aromatic N) is 1. The number of benzene rings is 2. The lowest BCUT2D eigenvalue weighted by Crippen LogP contribution is -2.31. The molecule has 0 aliphatic rings. The number of hydrogen-bond donors (Lipinski definition) is 2. The van der Waals surface area contributed by atoms with E-state index in [1.165, 1.54) is 23.0 Å². The summed E-state index contributed by atoms with van der Waals surface area (Å²) in [7, 11) is -3.65. The highest BCUT2D eigenvalue weighted by molar-refractivity contribution is 7.89. The summed E-state index contributed by atoms with van der Waals surface area (Å²) in [6, 6.07) is 16.4. The molecule has 2 N–H and O–H groups in total. The summed E-state index contributed by atoms with van der Waals surface area (Å²) in [5.74, 6) is 0.436. The third kappa shape index (κ3) is 5.84. The van der Waals surface area contributed by atoms with Gasteiger partial charge in [-0.15, -0.1) is 0 Å². The molecule has 8 heteroatoms. The number of fused-ring (bicyclic) bond motifs is 1. The van der Waals surface area contributed by atoms with Gasteiger partial charge in [0.2, 0.25) is 15.9 Å². The van der Waals surface area contributed by atoms with Crippen LogP contribution in [0.3, 0.4) is 0 Å². The average Bonchev–Trinajstić information content (AvgIpc) is 3.15. The van der Waals surface area contributed by atoms with Crippen molar-refractivity contribution in [3.63, 3.8) is 0 Å². The Hall–Kier alpha value is -2.84. The zero-order chi connectivity index (χ0) is 21.4. The number of carbonyl (C=O) groups is 1. The minimum Gasteiger partial charge on any atom is -0.494 e. The Morgan fingerprint density at radius 3 is 2.57 bits per heavy atom. The number of rotatable bonds is 11. The van der Waals surface area contributed by atoms with Crippen LogP contribution in [0.25, 0.3) is 10.9 Å². The van der Waals surface area contributed by atoms with E-state index in [0.717, 1.165) is 13.0 Å². The zero-order valence-electron chi connectivity index (χ0n) is 17.0. The Labute approximate surface area is 177 Å². The molecule has 3 aromatic rings. The fourth-order valence-corrected chi connectivity index (χ4v) is 4.20. The largest absolute Gasteiger partial charge is 0.494 e. The first-order valence-electron chi connectivity index (χ1n) is 10.0. The van der Waals surface area contributed by atoms with Crippen molar-refractivity contribution < 1.29 is 17.9 Å². The van der Waals surface area contributed by atoms with E-state index in [9.17, 15) is 13.2 Å². The van der Waals surface area contributed by atoms with E-state index in [0.29, 0.717) is 18.9 Å². The highest BCUT2D eigenvalue weighted by Crippen LogP contribution is 2.16. The van der Waals surface area contributed by atoms with E-state index < -0.39 is 10.0 Å². The van der Waals surface area contributed by atoms with Gasteiger partial charge in [0.15, 0.2) is 0 Å². The van der Waals surface area contributed by atoms with Crippen molar-refractivity contribution in [2.45, 2.75) is 31.2 Å². The van der Waals surface area contributed by atoms with E-state index in [1.807, 2.05) is 25.3 Å². The molecule has 3 rings (SSSR count). The molecule has 0 saturated heterocycles. The Morgan fingerprint density at radius 1 is 1.03 bits per heavy atom. The fourth-order valence-electron chi connectivity index (χ4n) is 3.17. The van der Waals surface area contributed by atoms with Gasteiger partial charge in [0.25, 0.3) is 0 Å². The van der Waals surface area contributed by atoms with Crippen LogP contribution in [0.2, 0.25) is 0 Å². The molecule has 7 nitrogen and oxygen atoms in total. The molecule has 0 fully saturated rings. The first kappa shape index (κ1) is 21.9. The van der Waals surface area contributed by atoms with Crippen molar-refractivity contribution in [1.82, 2.24) is 14.6 Å². The van der Waals surface area contributed by atoms with Gasteiger partial charge in [-0.25, -0.2) is 13.1 Å². The van der Waals surface area contributed by atoms with Gasteiger partial charge in [-0.2, -0.15) is 0 Å². The van der Waals surface area contributed by atoms with Crippen LogP contribution in [0.1, 0.15) is 19.8 Å². The Balaban J connectivity index is 1.37. The molecule has 160 valence electrons. The summed E-state index contributed by atoms with van der Waals surface area (Å²) in [6.07, 6.45) is 2.92. The molecule has 2 aromatic carbocycles. The highest BCUT2D eigenvalue weighted by Gasteiger charge is 2.14. The molecule has 0 aliphatic heterocycles. The standard InChI is InChI=1S/C22H27N3O4S/c1-2-29-19-8-10-20(11-9-19)30(27,28)24-15-12-22(26)23-14-5-16-25-17-13-18-6-3-4-7-21(18)25/h3-4,6-11,13,17,24H,2,5,12,14-16H2,1H3,(H,23,26). The predicted molar refractivity (Wildman–Crippen MR) is 117 cm³/mol. The SMILES string of the molecule is CCOc1ccc(S(=O)(=O)NCCC(=O)NCCCn2ccc3ccccc32)cc1. The number of aromatic nitrogens is 1. The molecule has 0 bridgehead atoms. The summed E-state index contributed by atoms with van der Waals surface area (Å²) in [5, 5.41) is 4.03. The minimum absolute atomic E-state index is 0.0453. The molecule has 0 radical (unpaired) electrons. The van der Waals surface area contributed by atoms with Gasteiger partial charge in [0, 0.05) is 37.8 Å². The quantitative estimate of drug-likeness (QED) is 0.459. The highest BCUT2D eigenvalue weighted by atomic mass is 32.2. The van der Waals surface area contributed by atoms with Gasteiger partial charge >= 0.3 is 0 Å². The molecule has 0 unspecified atom stereocenters. The van der Waals surface area contributed by atoms with E-state index in [1.54, 1.807) is 12.1 Å². The van der Waals surface area contributed by atoms with Crippen molar-refractivity contribution in [2.75, 3.05) is 19.7 Å². The summed E-state index contributed by atoms with van der Waals surface area (Å²) < 4.78 is 34.5. The Bertz CT molecular complexity index is 1080. The van der Waals surface area contributed by atoms with Gasteiger partial charge < -0.3 is 14.6 Å². The van der Waals surface area contributed by atoms with E-state index in [4.69, 9.17) is 4.74 Å². The summed E-state index contributed by atoms with van der Waals surface area (Å²) in [4.78, 5) is 12.1. The molecular formula is C22H27N3O4S. The maximum absolute atomic E-state index is 12.3. The summed E-state index contributed by atoms with van der Waals surface area (Å²) in [5.41, 5.74) is 1.17. The second kappa shape index (κ2) is 10.3. The van der Waals surface area contributed by atoms with Crippen molar-refractivity contribution in [2.24, 2.45) is 0 Å². The van der Waals surface area contributed by atoms with Gasteiger partial charge in [-0.05, 0) is 55.1 Å². The normalized spacial score (nSPS) is 11.5. The fraction of sp³-hybridized carbons (Fsp3) is 0.318. The maximum atomic E-state index is 12.3. The van der Waals surface area contributed by atoms with Crippen LogP contribution in [-0.4, -0.2) is 38.6 Å². The molecule has 0 saturated carbocycles. The van der Waals surface area contributed by atoms with Crippen molar-refractivity contribution in [3.05, 3.63) is 60.8 Å². The van der Waals surface area contributed by atoms with Crippen molar-refractivity contribution in [3.8, 4) is 5.75 Å². The zero-order valence-corrected chi connectivity index (χ0v) is 17.8. The predicted octanol–water partition coefficient (Wildman–Crippen LogP) is 2.91. The summed E-state index contributed by atoms with van der Waals surface area (Å²) in [6.45, 7) is 3.76. The second-order valence-electron chi connectivity index (χ2n) is 6.82. The third-order valence-electron chi connectivity index (χ3n) is 4.67. The smallest absolute Gasteiger partial charge is 0.240 e. The van der Waals surface area contributed by atoms with Gasteiger partial charge in [-0.1, -0.05) is 18.2 Å². The van der Waals surface area contributed by atoms with Crippen LogP contribution in [0.15, 0.2) is 65.7 Å². The lowest BCUT2D eigenvalue weighted by molar-refractivity contribution is -0.120. The van der Waals surface area contributed by atoms with Crippen molar-refractivity contribution >= 4 is 26.8 Å². The lowest BCUT2D eigenvalue weighted by atomic mass is 10.2. The third-order valence-corrected chi connectivity index (χ3v) is 6.14. The molecule has 1 heterocycles. The van der Waals surface area contributed by atoms with Gasteiger partial charge in [0.1, 0.15) is 5.75 Å². The molecule has 0 aliphatic carbocycles. The topological polar surface area (TPSA) is 89.4 Å². The molecule has 1 aromatic heterocycles. The first-order chi connectivity index (χ1) is 14.5. The average molecular weight is 430 g/mol. The number of carbonyl (C=O) groups excluding carboxylic acids is 1.